The van der Waals surface area contributed by atoms with E-state index in [9.17, 15) is 5.11 Å². The fraction of sp³-hybridized carbons (Fsp3) is 0.684. The zero-order valence-corrected chi connectivity index (χ0v) is 13.4. The third-order valence-corrected chi connectivity index (χ3v) is 4.86. The van der Waals surface area contributed by atoms with Crippen molar-refractivity contribution in [2.75, 3.05) is 0 Å². The van der Waals surface area contributed by atoms with Gasteiger partial charge in [0.1, 0.15) is 0 Å². The Kier molecular flexibility index (Phi) is 5.65. The second kappa shape index (κ2) is 7.26. The van der Waals surface area contributed by atoms with Gasteiger partial charge in [0.15, 0.2) is 0 Å². The molecule has 1 aliphatic carbocycles. The Morgan fingerprint density at radius 2 is 1.55 bits per heavy atom. The first-order valence-corrected chi connectivity index (χ1v) is 8.31. The topological polar surface area (TPSA) is 20.2 Å². The van der Waals surface area contributed by atoms with Crippen LogP contribution >= 0.6 is 0 Å². The predicted molar refractivity (Wildman–Crippen MR) is 86.2 cm³/mol. The summed E-state index contributed by atoms with van der Waals surface area (Å²) < 4.78 is 0. The van der Waals surface area contributed by atoms with Crippen molar-refractivity contribution in [3.05, 3.63) is 34.4 Å². The lowest BCUT2D eigenvalue weighted by Crippen LogP contribution is -2.17. The monoisotopic (exact) mass is 274 g/mol. The molecule has 1 fully saturated rings. The largest absolute Gasteiger partial charge is 0.393 e. The average Bonchev–Trinajstić information content (AvgIpc) is 2.62. The standard InChI is InChI=1S/C19H30O/c1-14-10-15(2)19(16(3)11-14)13-18(20)12-17-8-6-4-5-7-9-17/h10-11,17-18,20H,4-9,12-13H2,1-3H3. The Morgan fingerprint density at radius 3 is 2.10 bits per heavy atom. The fourth-order valence-corrected chi connectivity index (χ4v) is 3.84. The van der Waals surface area contributed by atoms with Crippen LogP contribution in [0.3, 0.4) is 0 Å². The molecule has 1 unspecified atom stereocenters. The third kappa shape index (κ3) is 4.34. The first-order chi connectivity index (χ1) is 9.56. The molecule has 112 valence electrons. The minimum Gasteiger partial charge on any atom is -0.393 e. The maximum Gasteiger partial charge on any atom is 0.0583 e. The van der Waals surface area contributed by atoms with Crippen molar-refractivity contribution >= 4 is 0 Å². The molecule has 2 rings (SSSR count). The summed E-state index contributed by atoms with van der Waals surface area (Å²) >= 11 is 0. The predicted octanol–water partition coefficient (Wildman–Crippen LogP) is 4.88. The van der Waals surface area contributed by atoms with Crippen molar-refractivity contribution < 1.29 is 5.11 Å². The molecule has 0 bridgehead atoms. The van der Waals surface area contributed by atoms with E-state index in [2.05, 4.69) is 32.9 Å². The van der Waals surface area contributed by atoms with E-state index < -0.39 is 0 Å². The van der Waals surface area contributed by atoms with Gasteiger partial charge in [0, 0.05) is 0 Å². The van der Waals surface area contributed by atoms with Crippen molar-refractivity contribution in [3.63, 3.8) is 0 Å². The van der Waals surface area contributed by atoms with Gasteiger partial charge in [-0.25, -0.2) is 0 Å². The van der Waals surface area contributed by atoms with Crippen LogP contribution in [-0.4, -0.2) is 11.2 Å². The Labute approximate surface area is 124 Å². The van der Waals surface area contributed by atoms with Crippen LogP contribution in [0.1, 0.15) is 67.2 Å². The van der Waals surface area contributed by atoms with Gasteiger partial charge in [0.05, 0.1) is 6.10 Å². The molecule has 1 heteroatoms. The summed E-state index contributed by atoms with van der Waals surface area (Å²) in [4.78, 5) is 0. The molecule has 0 amide bonds. The molecule has 1 atom stereocenters. The van der Waals surface area contributed by atoms with E-state index in [0.29, 0.717) is 0 Å². The summed E-state index contributed by atoms with van der Waals surface area (Å²) in [6.07, 6.45) is 9.80. The van der Waals surface area contributed by atoms with Crippen molar-refractivity contribution in [1.82, 2.24) is 0 Å². The highest BCUT2D eigenvalue weighted by Gasteiger charge is 2.18. The van der Waals surface area contributed by atoms with Gasteiger partial charge in [0.2, 0.25) is 0 Å². The van der Waals surface area contributed by atoms with Gasteiger partial charge in [-0.3, -0.25) is 0 Å². The first kappa shape index (κ1) is 15.6. The van der Waals surface area contributed by atoms with E-state index in [0.717, 1.165) is 18.8 Å². The molecule has 0 aliphatic heterocycles. The number of aliphatic hydroxyl groups is 1. The summed E-state index contributed by atoms with van der Waals surface area (Å²) in [6, 6.07) is 4.47. The third-order valence-electron chi connectivity index (χ3n) is 4.86. The van der Waals surface area contributed by atoms with E-state index in [4.69, 9.17) is 0 Å². The molecule has 1 aromatic carbocycles. The molecule has 0 spiro atoms. The number of hydrogen-bond donors (Lipinski definition) is 1. The summed E-state index contributed by atoms with van der Waals surface area (Å²) in [5.74, 6) is 0.749. The van der Waals surface area contributed by atoms with Crippen LogP contribution < -0.4 is 0 Å². The minimum atomic E-state index is -0.168. The van der Waals surface area contributed by atoms with Crippen molar-refractivity contribution in [1.29, 1.82) is 0 Å². The number of rotatable bonds is 4. The molecular formula is C19H30O. The Balaban J connectivity index is 1.95. The molecule has 0 radical (unpaired) electrons. The maximum absolute atomic E-state index is 10.5. The van der Waals surface area contributed by atoms with Crippen LogP contribution in [0.2, 0.25) is 0 Å². The average molecular weight is 274 g/mol. The smallest absolute Gasteiger partial charge is 0.0583 e. The lowest BCUT2D eigenvalue weighted by Gasteiger charge is -2.20. The minimum absolute atomic E-state index is 0.168. The number of benzene rings is 1. The molecule has 1 aliphatic rings. The highest BCUT2D eigenvalue weighted by molar-refractivity contribution is 5.37. The molecule has 1 aromatic rings. The van der Waals surface area contributed by atoms with Crippen LogP contribution in [0, 0.1) is 26.7 Å². The Hall–Kier alpha value is -0.820. The van der Waals surface area contributed by atoms with Crippen LogP contribution in [0.25, 0.3) is 0 Å². The summed E-state index contributed by atoms with van der Waals surface area (Å²) in [6.45, 7) is 6.49. The fourth-order valence-electron chi connectivity index (χ4n) is 3.84. The Bertz CT molecular complexity index is 404. The highest BCUT2D eigenvalue weighted by atomic mass is 16.3. The second-order valence-electron chi connectivity index (χ2n) is 6.83. The quantitative estimate of drug-likeness (QED) is 0.776. The van der Waals surface area contributed by atoms with Gasteiger partial charge in [-0.05, 0) is 56.2 Å². The molecule has 0 saturated heterocycles. The van der Waals surface area contributed by atoms with Gasteiger partial charge in [-0.15, -0.1) is 0 Å². The van der Waals surface area contributed by atoms with Gasteiger partial charge in [0.25, 0.3) is 0 Å². The molecule has 1 nitrogen and oxygen atoms in total. The van der Waals surface area contributed by atoms with Gasteiger partial charge >= 0.3 is 0 Å². The number of aliphatic hydroxyl groups excluding tert-OH is 1. The Morgan fingerprint density at radius 1 is 1.00 bits per heavy atom. The van der Waals surface area contributed by atoms with E-state index >= 15 is 0 Å². The molecular weight excluding hydrogens is 244 g/mol. The van der Waals surface area contributed by atoms with E-state index in [1.54, 1.807) is 0 Å². The highest BCUT2D eigenvalue weighted by Crippen LogP contribution is 2.28. The summed E-state index contributed by atoms with van der Waals surface area (Å²) in [5, 5.41) is 10.5. The zero-order chi connectivity index (χ0) is 14.5. The van der Waals surface area contributed by atoms with E-state index in [-0.39, 0.29) is 6.10 Å². The maximum atomic E-state index is 10.5. The van der Waals surface area contributed by atoms with Gasteiger partial charge in [-0.2, -0.15) is 0 Å². The molecule has 0 heterocycles. The normalized spacial score (nSPS) is 18.8. The van der Waals surface area contributed by atoms with E-state index in [1.165, 1.54) is 60.8 Å². The molecule has 1 N–H and O–H groups in total. The van der Waals surface area contributed by atoms with Gasteiger partial charge < -0.3 is 5.11 Å². The lowest BCUT2D eigenvalue weighted by atomic mass is 9.89. The molecule has 0 aromatic heterocycles. The first-order valence-electron chi connectivity index (χ1n) is 8.31. The van der Waals surface area contributed by atoms with Crippen LogP contribution in [-0.2, 0) is 6.42 Å². The van der Waals surface area contributed by atoms with Crippen molar-refractivity contribution in [2.45, 2.75) is 78.2 Å². The van der Waals surface area contributed by atoms with Crippen LogP contribution in [0.5, 0.6) is 0 Å². The lowest BCUT2D eigenvalue weighted by molar-refractivity contribution is 0.137. The SMILES string of the molecule is Cc1cc(C)c(CC(O)CC2CCCCCC2)c(C)c1. The summed E-state index contributed by atoms with van der Waals surface area (Å²) in [7, 11) is 0. The van der Waals surface area contributed by atoms with Crippen LogP contribution in [0.4, 0.5) is 0 Å². The van der Waals surface area contributed by atoms with E-state index in [1.807, 2.05) is 0 Å². The summed E-state index contributed by atoms with van der Waals surface area (Å²) in [5.41, 5.74) is 5.35. The number of aryl methyl sites for hydroxylation is 3. The van der Waals surface area contributed by atoms with Crippen LogP contribution in [0.15, 0.2) is 12.1 Å². The second-order valence-corrected chi connectivity index (χ2v) is 6.83. The zero-order valence-electron chi connectivity index (χ0n) is 13.4. The number of hydrogen-bond acceptors (Lipinski definition) is 1. The molecule has 1 saturated carbocycles. The van der Waals surface area contributed by atoms with Gasteiger partial charge in [-0.1, -0.05) is 56.2 Å². The van der Waals surface area contributed by atoms with Crippen molar-refractivity contribution in [2.24, 2.45) is 5.92 Å². The van der Waals surface area contributed by atoms with Crippen molar-refractivity contribution in [3.8, 4) is 0 Å². The molecule has 20 heavy (non-hydrogen) atoms.